The van der Waals surface area contributed by atoms with E-state index in [9.17, 15) is 9.18 Å². The summed E-state index contributed by atoms with van der Waals surface area (Å²) in [5.74, 6) is 2.66. The molecule has 0 saturated heterocycles. The molecule has 2 aromatic carbocycles. The van der Waals surface area contributed by atoms with Crippen molar-refractivity contribution in [3.8, 4) is 17.2 Å². The third-order valence-corrected chi connectivity index (χ3v) is 6.09. The molecule has 4 rings (SSSR count). The maximum absolute atomic E-state index is 14.8. The van der Waals surface area contributed by atoms with Crippen molar-refractivity contribution in [2.75, 3.05) is 6.61 Å². The van der Waals surface area contributed by atoms with Crippen molar-refractivity contribution in [3.63, 3.8) is 0 Å². The van der Waals surface area contributed by atoms with Gasteiger partial charge in [-0.1, -0.05) is 51.5 Å². The lowest BCUT2D eigenvalue weighted by atomic mass is 9.98. The Kier molecular flexibility index (Phi) is 6.53. The molecular weight excluding hydrogens is 445 g/mol. The van der Waals surface area contributed by atoms with Crippen LogP contribution in [-0.2, 0) is 11.3 Å². The second kappa shape index (κ2) is 9.39. The van der Waals surface area contributed by atoms with E-state index in [1.807, 2.05) is 36.6 Å². The highest BCUT2D eigenvalue weighted by Gasteiger charge is 2.26. The molecule has 0 fully saturated rings. The number of aliphatic imine (C=N–C) groups is 1. The predicted molar refractivity (Wildman–Crippen MR) is 135 cm³/mol. The molecule has 3 aromatic rings. The molecule has 1 aliphatic rings. The van der Waals surface area contributed by atoms with Crippen LogP contribution in [0.1, 0.15) is 46.7 Å². The number of hydrogen-bond acceptors (Lipinski definition) is 4. The van der Waals surface area contributed by atoms with Gasteiger partial charge in [0, 0.05) is 16.7 Å². The minimum Gasteiger partial charge on any atom is -0.461 e. The fraction of sp³-hybridized carbons (Fsp3) is 0.296. The van der Waals surface area contributed by atoms with Gasteiger partial charge in [0.1, 0.15) is 20.2 Å². The molecule has 0 bridgehead atoms. The Morgan fingerprint density at radius 1 is 1.18 bits per heavy atom. The van der Waals surface area contributed by atoms with Gasteiger partial charge in [-0.05, 0) is 36.2 Å². The molecule has 0 unspecified atom stereocenters. The number of carbonyl (C=O) groups is 1. The first-order valence-corrected chi connectivity index (χ1v) is 14.8. The predicted octanol–water partition coefficient (Wildman–Crippen LogP) is 5.40. The molecule has 174 valence electrons. The number of carbonyl (C=O) groups excluding carboxylic acids is 1. The normalized spacial score (nSPS) is 12.7. The summed E-state index contributed by atoms with van der Waals surface area (Å²) < 4.78 is 22.1. The van der Waals surface area contributed by atoms with Gasteiger partial charge in [0.25, 0.3) is 0 Å². The molecule has 0 atom stereocenters. The molecular formula is C27H28FN3O2Si. The first kappa shape index (κ1) is 23.6. The lowest BCUT2D eigenvalue weighted by Gasteiger charge is -2.13. The number of rotatable bonds is 4. The molecule has 2 heterocycles. The van der Waals surface area contributed by atoms with Gasteiger partial charge in [0.2, 0.25) is 0 Å². The molecule has 0 aliphatic carbocycles. The Bertz CT molecular complexity index is 1340. The van der Waals surface area contributed by atoms with Gasteiger partial charge in [0.05, 0.1) is 30.2 Å². The van der Waals surface area contributed by atoms with Crippen molar-refractivity contribution in [1.82, 2.24) is 9.55 Å². The molecule has 0 radical (unpaired) electrons. The minimum absolute atomic E-state index is 0.167. The molecule has 34 heavy (non-hydrogen) atoms. The van der Waals surface area contributed by atoms with Crippen LogP contribution in [0.15, 0.2) is 53.8 Å². The van der Waals surface area contributed by atoms with Crippen molar-refractivity contribution >= 4 is 19.8 Å². The topological polar surface area (TPSA) is 56.5 Å². The van der Waals surface area contributed by atoms with E-state index in [2.05, 4.69) is 36.1 Å². The van der Waals surface area contributed by atoms with Crippen molar-refractivity contribution in [2.24, 2.45) is 10.9 Å². The van der Waals surface area contributed by atoms with Crippen LogP contribution in [0.4, 0.5) is 4.39 Å². The van der Waals surface area contributed by atoms with Crippen molar-refractivity contribution in [3.05, 3.63) is 82.7 Å². The summed E-state index contributed by atoms with van der Waals surface area (Å²) in [4.78, 5) is 21.8. The fourth-order valence-corrected chi connectivity index (χ4v) is 4.13. The van der Waals surface area contributed by atoms with E-state index in [-0.39, 0.29) is 24.0 Å². The second-order valence-electron chi connectivity index (χ2n) is 9.78. The highest BCUT2D eigenvalue weighted by Crippen LogP contribution is 2.28. The van der Waals surface area contributed by atoms with Crippen LogP contribution in [0.25, 0.3) is 5.69 Å². The van der Waals surface area contributed by atoms with Crippen LogP contribution >= 0.6 is 0 Å². The Labute approximate surface area is 200 Å². The Morgan fingerprint density at radius 2 is 1.94 bits per heavy atom. The molecule has 7 heteroatoms. The standard InChI is InChI=1S/C27H28FN3O2Si/c1-18(2)16-33-27(32)26-24-15-29-25(20-8-6-7-9-22(20)28)21-14-19(12-13-34(3,4)5)10-11-23(21)31(24)17-30-26/h6-11,14,17-18H,15-16H2,1-5H3. The van der Waals surface area contributed by atoms with Gasteiger partial charge in [-0.2, -0.15) is 0 Å². The Morgan fingerprint density at radius 3 is 2.65 bits per heavy atom. The van der Waals surface area contributed by atoms with E-state index in [1.165, 1.54) is 6.07 Å². The average Bonchev–Trinajstić information content (AvgIpc) is 3.14. The Balaban J connectivity index is 1.87. The van der Waals surface area contributed by atoms with Crippen LogP contribution in [0, 0.1) is 23.2 Å². The van der Waals surface area contributed by atoms with E-state index in [1.54, 1.807) is 24.5 Å². The van der Waals surface area contributed by atoms with E-state index in [0.29, 0.717) is 23.6 Å². The number of hydrogen-bond donors (Lipinski definition) is 0. The molecule has 1 aromatic heterocycles. The molecule has 0 N–H and O–H groups in total. The molecule has 5 nitrogen and oxygen atoms in total. The number of nitrogens with zero attached hydrogens (tertiary/aromatic N) is 3. The second-order valence-corrected chi connectivity index (χ2v) is 14.5. The van der Waals surface area contributed by atoms with Gasteiger partial charge in [0.15, 0.2) is 5.69 Å². The first-order valence-electron chi connectivity index (χ1n) is 11.3. The number of halogens is 1. The fourth-order valence-electron chi connectivity index (χ4n) is 3.61. The van der Waals surface area contributed by atoms with Gasteiger partial charge >= 0.3 is 5.97 Å². The number of imidazole rings is 1. The zero-order valence-electron chi connectivity index (χ0n) is 20.1. The summed E-state index contributed by atoms with van der Waals surface area (Å²) in [6.45, 7) is 11.0. The quantitative estimate of drug-likeness (QED) is 0.289. The zero-order valence-corrected chi connectivity index (χ0v) is 21.1. The summed E-state index contributed by atoms with van der Waals surface area (Å²) in [7, 11) is -1.58. The van der Waals surface area contributed by atoms with E-state index in [4.69, 9.17) is 9.73 Å². The highest BCUT2D eigenvalue weighted by molar-refractivity contribution is 6.83. The van der Waals surface area contributed by atoms with Crippen LogP contribution in [0.2, 0.25) is 19.6 Å². The van der Waals surface area contributed by atoms with Crippen LogP contribution in [0.3, 0.4) is 0 Å². The zero-order chi connectivity index (χ0) is 24.5. The SMILES string of the molecule is CC(C)COC(=O)c1ncn2c1CN=C(c1ccccc1F)c1cc(C#C[Si](C)(C)C)ccc1-2. The summed E-state index contributed by atoms with van der Waals surface area (Å²) >= 11 is 0. The van der Waals surface area contributed by atoms with Crippen LogP contribution < -0.4 is 0 Å². The van der Waals surface area contributed by atoms with Gasteiger partial charge in [-0.15, -0.1) is 5.54 Å². The maximum Gasteiger partial charge on any atom is 0.358 e. The average molecular weight is 474 g/mol. The number of ether oxygens (including phenoxy) is 1. The minimum atomic E-state index is -1.58. The summed E-state index contributed by atoms with van der Waals surface area (Å²) in [6, 6.07) is 12.4. The number of fused-ring (bicyclic) bond motifs is 3. The Hall–Kier alpha value is -3.50. The van der Waals surface area contributed by atoms with Crippen molar-refractivity contribution in [2.45, 2.75) is 40.0 Å². The molecule has 0 spiro atoms. The summed E-state index contributed by atoms with van der Waals surface area (Å²) in [6.07, 6.45) is 1.60. The lowest BCUT2D eigenvalue weighted by Crippen LogP contribution is -2.16. The third-order valence-electron chi connectivity index (χ3n) is 5.22. The molecule has 0 saturated carbocycles. The monoisotopic (exact) mass is 473 g/mol. The smallest absolute Gasteiger partial charge is 0.358 e. The number of esters is 1. The van der Waals surface area contributed by atoms with Crippen LogP contribution in [-0.4, -0.2) is 35.9 Å². The van der Waals surface area contributed by atoms with Crippen molar-refractivity contribution < 1.29 is 13.9 Å². The summed E-state index contributed by atoms with van der Waals surface area (Å²) in [5.41, 5.74) is 7.50. The van der Waals surface area contributed by atoms with E-state index >= 15 is 0 Å². The lowest BCUT2D eigenvalue weighted by molar-refractivity contribution is 0.0451. The maximum atomic E-state index is 14.8. The van der Waals surface area contributed by atoms with Crippen molar-refractivity contribution in [1.29, 1.82) is 0 Å². The summed E-state index contributed by atoms with van der Waals surface area (Å²) in [5, 5.41) is 0. The highest BCUT2D eigenvalue weighted by atomic mass is 28.3. The van der Waals surface area contributed by atoms with E-state index in [0.717, 1.165) is 16.8 Å². The van der Waals surface area contributed by atoms with E-state index < -0.39 is 14.0 Å². The first-order chi connectivity index (χ1) is 16.1. The third kappa shape index (κ3) is 5.02. The number of benzene rings is 2. The molecule has 0 amide bonds. The number of aromatic nitrogens is 2. The molecule has 1 aliphatic heterocycles. The van der Waals surface area contributed by atoms with Gasteiger partial charge < -0.3 is 4.74 Å². The van der Waals surface area contributed by atoms with Crippen LogP contribution in [0.5, 0.6) is 0 Å². The largest absolute Gasteiger partial charge is 0.461 e. The van der Waals surface area contributed by atoms with Gasteiger partial charge in [-0.25, -0.2) is 14.2 Å². The van der Waals surface area contributed by atoms with Gasteiger partial charge in [-0.3, -0.25) is 9.56 Å².